The van der Waals surface area contributed by atoms with Crippen molar-refractivity contribution in [3.63, 3.8) is 0 Å². The Hall–Kier alpha value is -1.35. The van der Waals surface area contributed by atoms with Gasteiger partial charge in [0.1, 0.15) is 5.52 Å². The molecule has 1 aromatic carbocycles. The van der Waals surface area contributed by atoms with Crippen LogP contribution in [0.4, 0.5) is 0 Å². The number of oxazole rings is 1. The van der Waals surface area contributed by atoms with Crippen molar-refractivity contribution in [2.45, 2.75) is 32.6 Å². The number of aromatic nitrogens is 1. The number of nitrogens with two attached hydrogens (primary N) is 1. The Morgan fingerprint density at radius 1 is 1.31 bits per heavy atom. The Kier molecular flexibility index (Phi) is 2.72. The molecule has 1 aromatic heterocycles. The summed E-state index contributed by atoms with van der Waals surface area (Å²) < 4.78 is 5.85. The van der Waals surface area contributed by atoms with Crippen molar-refractivity contribution >= 4 is 11.1 Å². The van der Waals surface area contributed by atoms with E-state index in [0.717, 1.165) is 29.0 Å². The fraction of sp³-hybridized carbons (Fsp3) is 0.462. The van der Waals surface area contributed by atoms with Crippen LogP contribution in [-0.4, -0.2) is 11.5 Å². The molecule has 0 bridgehead atoms. The Morgan fingerprint density at radius 3 is 2.69 bits per heavy atom. The Morgan fingerprint density at radius 2 is 2.06 bits per heavy atom. The molecule has 2 rings (SSSR count). The van der Waals surface area contributed by atoms with Crippen LogP contribution in [0.1, 0.15) is 32.2 Å². The summed E-state index contributed by atoms with van der Waals surface area (Å²) in [6, 6.07) is 6.03. The molecule has 0 amide bonds. The second-order valence-corrected chi connectivity index (χ2v) is 5.07. The summed E-state index contributed by atoms with van der Waals surface area (Å²) in [5.74, 6) is 0.784. The van der Waals surface area contributed by atoms with Gasteiger partial charge in [0.05, 0.1) is 0 Å². The van der Waals surface area contributed by atoms with Crippen LogP contribution in [-0.2, 0) is 11.8 Å². The molecule has 0 radical (unpaired) electrons. The molecule has 1 heterocycles. The maximum Gasteiger partial charge on any atom is 0.200 e. The van der Waals surface area contributed by atoms with Gasteiger partial charge in [-0.15, -0.1) is 0 Å². The van der Waals surface area contributed by atoms with E-state index in [1.165, 1.54) is 0 Å². The third-order valence-corrected chi connectivity index (χ3v) is 2.55. The van der Waals surface area contributed by atoms with E-state index in [-0.39, 0.29) is 5.41 Å². The Balaban J connectivity index is 2.57. The number of para-hydroxylation sites is 1. The lowest BCUT2D eigenvalue weighted by Gasteiger charge is -2.11. The number of benzene rings is 1. The molecule has 0 saturated heterocycles. The van der Waals surface area contributed by atoms with Crippen LogP contribution in [0.2, 0.25) is 0 Å². The van der Waals surface area contributed by atoms with Crippen molar-refractivity contribution in [1.29, 1.82) is 0 Å². The zero-order chi connectivity index (χ0) is 11.8. The van der Waals surface area contributed by atoms with E-state index in [1.807, 2.05) is 18.2 Å². The lowest BCUT2D eigenvalue weighted by molar-refractivity contribution is 0.410. The number of hydrogen-bond acceptors (Lipinski definition) is 3. The van der Waals surface area contributed by atoms with Crippen molar-refractivity contribution in [2.24, 2.45) is 5.73 Å². The lowest BCUT2D eigenvalue weighted by Crippen LogP contribution is -2.10. The van der Waals surface area contributed by atoms with Gasteiger partial charge in [-0.2, -0.15) is 0 Å². The van der Waals surface area contributed by atoms with Crippen LogP contribution >= 0.6 is 0 Å². The van der Waals surface area contributed by atoms with Gasteiger partial charge >= 0.3 is 0 Å². The first-order chi connectivity index (χ1) is 7.52. The molecule has 0 fully saturated rings. The number of hydrogen-bond donors (Lipinski definition) is 1. The van der Waals surface area contributed by atoms with Gasteiger partial charge in [-0.3, -0.25) is 0 Å². The van der Waals surface area contributed by atoms with Gasteiger partial charge in [0.2, 0.25) is 5.89 Å². The number of rotatable bonds is 2. The van der Waals surface area contributed by atoms with Crippen molar-refractivity contribution < 1.29 is 4.42 Å². The summed E-state index contributed by atoms with van der Waals surface area (Å²) >= 11 is 0. The average molecular weight is 218 g/mol. The van der Waals surface area contributed by atoms with Crippen molar-refractivity contribution in [2.75, 3.05) is 6.54 Å². The summed E-state index contributed by atoms with van der Waals surface area (Å²) in [6.45, 7) is 6.92. The Bertz CT molecular complexity index is 494. The van der Waals surface area contributed by atoms with E-state index in [2.05, 4.69) is 25.8 Å². The molecule has 86 valence electrons. The van der Waals surface area contributed by atoms with Crippen LogP contribution in [0.3, 0.4) is 0 Å². The first-order valence-corrected chi connectivity index (χ1v) is 5.61. The predicted octanol–water partition coefficient (Wildman–Crippen LogP) is 2.63. The normalized spacial score (nSPS) is 12.2. The Labute approximate surface area is 95.7 Å². The van der Waals surface area contributed by atoms with Gasteiger partial charge in [0.25, 0.3) is 0 Å². The fourth-order valence-corrected chi connectivity index (χ4v) is 1.68. The minimum absolute atomic E-state index is 0.0565. The van der Waals surface area contributed by atoms with Crippen LogP contribution < -0.4 is 5.73 Å². The summed E-state index contributed by atoms with van der Waals surface area (Å²) in [5, 5.41) is 0. The van der Waals surface area contributed by atoms with Crippen molar-refractivity contribution in [3.05, 3.63) is 29.7 Å². The second kappa shape index (κ2) is 3.91. The highest BCUT2D eigenvalue weighted by Gasteiger charge is 2.21. The molecule has 3 heteroatoms. The van der Waals surface area contributed by atoms with Gasteiger partial charge in [0, 0.05) is 5.41 Å². The minimum Gasteiger partial charge on any atom is -0.440 e. The van der Waals surface area contributed by atoms with Gasteiger partial charge in [-0.25, -0.2) is 4.98 Å². The molecule has 0 aliphatic rings. The molecule has 16 heavy (non-hydrogen) atoms. The summed E-state index contributed by atoms with van der Waals surface area (Å²) in [6.07, 6.45) is 0.829. The standard InChI is InChI=1S/C13H18N2O/c1-13(2,3)12-15-10-6-4-5-9(7-8-14)11(10)16-12/h4-6H,7-8,14H2,1-3H3. The molecule has 3 nitrogen and oxygen atoms in total. The van der Waals surface area contributed by atoms with Crippen LogP contribution in [0.5, 0.6) is 0 Å². The minimum atomic E-state index is -0.0565. The highest BCUT2D eigenvalue weighted by Crippen LogP contribution is 2.27. The van der Waals surface area contributed by atoms with Crippen LogP contribution in [0.15, 0.2) is 22.6 Å². The lowest BCUT2D eigenvalue weighted by atomic mass is 9.97. The SMILES string of the molecule is CC(C)(C)c1nc2cccc(CCN)c2o1. The highest BCUT2D eigenvalue weighted by atomic mass is 16.3. The summed E-state index contributed by atoms with van der Waals surface area (Å²) in [7, 11) is 0. The zero-order valence-corrected chi connectivity index (χ0v) is 10.1. The molecular weight excluding hydrogens is 200 g/mol. The van der Waals surface area contributed by atoms with E-state index in [1.54, 1.807) is 0 Å². The van der Waals surface area contributed by atoms with Crippen molar-refractivity contribution in [3.8, 4) is 0 Å². The van der Waals surface area contributed by atoms with Crippen LogP contribution in [0, 0.1) is 0 Å². The maximum atomic E-state index is 5.85. The number of fused-ring (bicyclic) bond motifs is 1. The number of nitrogens with zero attached hydrogens (tertiary/aromatic N) is 1. The molecule has 0 atom stereocenters. The molecule has 2 N–H and O–H groups in total. The van der Waals surface area contributed by atoms with Crippen LogP contribution in [0.25, 0.3) is 11.1 Å². The third-order valence-electron chi connectivity index (χ3n) is 2.55. The quantitative estimate of drug-likeness (QED) is 0.843. The fourth-order valence-electron chi connectivity index (χ4n) is 1.68. The molecule has 0 saturated carbocycles. The summed E-state index contributed by atoms with van der Waals surface area (Å²) in [4.78, 5) is 4.52. The predicted molar refractivity (Wildman–Crippen MR) is 65.5 cm³/mol. The maximum absolute atomic E-state index is 5.85. The van der Waals surface area contributed by atoms with E-state index >= 15 is 0 Å². The van der Waals surface area contributed by atoms with Crippen molar-refractivity contribution in [1.82, 2.24) is 4.98 Å². The first kappa shape index (κ1) is 11.1. The molecular formula is C13H18N2O. The molecule has 0 aliphatic carbocycles. The zero-order valence-electron chi connectivity index (χ0n) is 10.1. The topological polar surface area (TPSA) is 52.0 Å². The molecule has 2 aromatic rings. The van der Waals surface area contributed by atoms with Gasteiger partial charge < -0.3 is 10.2 Å². The first-order valence-electron chi connectivity index (χ1n) is 5.61. The van der Waals surface area contributed by atoms with E-state index in [4.69, 9.17) is 10.2 Å². The molecule has 0 unspecified atom stereocenters. The third kappa shape index (κ3) is 1.95. The average Bonchev–Trinajstić information content (AvgIpc) is 2.62. The second-order valence-electron chi connectivity index (χ2n) is 5.07. The molecule has 0 spiro atoms. The van der Waals surface area contributed by atoms with E-state index in [9.17, 15) is 0 Å². The largest absolute Gasteiger partial charge is 0.440 e. The highest BCUT2D eigenvalue weighted by molar-refractivity contribution is 5.76. The van der Waals surface area contributed by atoms with Gasteiger partial charge in [-0.05, 0) is 24.6 Å². The summed E-state index contributed by atoms with van der Waals surface area (Å²) in [5.41, 5.74) is 8.48. The smallest absolute Gasteiger partial charge is 0.200 e. The van der Waals surface area contributed by atoms with E-state index < -0.39 is 0 Å². The monoisotopic (exact) mass is 218 g/mol. The van der Waals surface area contributed by atoms with Gasteiger partial charge in [0.15, 0.2) is 5.58 Å². The van der Waals surface area contributed by atoms with Gasteiger partial charge in [-0.1, -0.05) is 32.9 Å². The molecule has 0 aliphatic heterocycles. The van der Waals surface area contributed by atoms with E-state index in [0.29, 0.717) is 6.54 Å².